The molecule has 1 aromatic carbocycles. The van der Waals surface area contributed by atoms with E-state index in [-0.39, 0.29) is 11.3 Å². The van der Waals surface area contributed by atoms with Gasteiger partial charge < -0.3 is 15.0 Å². The molecule has 21 heavy (non-hydrogen) atoms. The number of benzene rings is 1. The number of amides is 3. The molecule has 3 amide bonds. The number of urea groups is 1. The first kappa shape index (κ1) is 13.2. The molecule has 0 bridgehead atoms. The molecule has 1 aliphatic rings. The largest absolute Gasteiger partial charge is 0.507 e. The van der Waals surface area contributed by atoms with Gasteiger partial charge in [-0.05, 0) is 19.1 Å². The van der Waals surface area contributed by atoms with Gasteiger partial charge in [0.2, 0.25) is 0 Å². The molecular formula is C14H13N3O4. The fourth-order valence-corrected chi connectivity index (χ4v) is 2.65. The normalized spacial score (nSPS) is 21.4. The molecule has 1 fully saturated rings. The summed E-state index contributed by atoms with van der Waals surface area (Å²) >= 11 is 0. The number of aryl methyl sites for hydroxylation is 1. The monoisotopic (exact) mass is 287 g/mol. The maximum atomic E-state index is 12.5. The number of carbonyl (C=O) groups excluding carboxylic acids is 2. The summed E-state index contributed by atoms with van der Waals surface area (Å²) in [5.74, 6) is -0.969. The minimum atomic E-state index is -1.60. The lowest BCUT2D eigenvalue weighted by Crippen LogP contribution is -2.45. The van der Waals surface area contributed by atoms with Crippen molar-refractivity contribution in [3.05, 3.63) is 40.2 Å². The van der Waals surface area contributed by atoms with Crippen LogP contribution in [0.1, 0.15) is 12.5 Å². The van der Waals surface area contributed by atoms with E-state index in [1.807, 2.05) is 0 Å². The number of rotatable bonds is 1. The number of para-hydroxylation sites is 1. The number of nitrogens with zero attached hydrogens (tertiary/aromatic N) is 1. The molecule has 1 unspecified atom stereocenters. The van der Waals surface area contributed by atoms with Crippen molar-refractivity contribution in [1.82, 2.24) is 15.2 Å². The molecule has 0 saturated carbocycles. The number of hydrogen-bond donors (Lipinski definition) is 3. The third kappa shape index (κ3) is 1.63. The first-order valence-electron chi connectivity index (χ1n) is 6.31. The molecule has 3 rings (SSSR count). The van der Waals surface area contributed by atoms with Gasteiger partial charge in [-0.15, -0.1) is 0 Å². The fraction of sp³-hybridized carbons (Fsp3) is 0.214. The van der Waals surface area contributed by atoms with Crippen LogP contribution in [0.5, 0.6) is 5.75 Å². The Labute approximate surface area is 119 Å². The minimum absolute atomic E-state index is 0.146. The van der Waals surface area contributed by atoms with Gasteiger partial charge in [0.15, 0.2) is 5.54 Å². The summed E-state index contributed by atoms with van der Waals surface area (Å²) < 4.78 is 1.34. The molecule has 0 aliphatic carbocycles. The van der Waals surface area contributed by atoms with Crippen molar-refractivity contribution in [1.29, 1.82) is 0 Å². The highest BCUT2D eigenvalue weighted by Crippen LogP contribution is 2.33. The maximum Gasteiger partial charge on any atom is 0.322 e. The van der Waals surface area contributed by atoms with E-state index in [1.54, 1.807) is 31.3 Å². The molecule has 2 aromatic rings. The second kappa shape index (κ2) is 4.08. The van der Waals surface area contributed by atoms with Gasteiger partial charge in [0, 0.05) is 12.4 Å². The van der Waals surface area contributed by atoms with Gasteiger partial charge in [-0.2, -0.15) is 0 Å². The SMILES string of the molecule is Cn1c(=O)c(C2(C)NC(=O)NC2=O)c(O)c2ccccc21. The molecule has 0 radical (unpaired) electrons. The summed E-state index contributed by atoms with van der Waals surface area (Å²) in [4.78, 5) is 35.9. The number of hydrogen-bond acceptors (Lipinski definition) is 4. The van der Waals surface area contributed by atoms with Crippen molar-refractivity contribution in [2.45, 2.75) is 12.5 Å². The molecule has 1 aliphatic heterocycles. The lowest BCUT2D eigenvalue weighted by Gasteiger charge is -2.23. The van der Waals surface area contributed by atoms with E-state index in [1.165, 1.54) is 11.5 Å². The number of aromatic hydroxyl groups is 1. The van der Waals surface area contributed by atoms with Gasteiger partial charge in [0.05, 0.1) is 11.1 Å². The molecule has 1 atom stereocenters. The van der Waals surface area contributed by atoms with Crippen molar-refractivity contribution >= 4 is 22.8 Å². The average molecular weight is 287 g/mol. The summed E-state index contributed by atoms with van der Waals surface area (Å²) in [6.07, 6.45) is 0. The van der Waals surface area contributed by atoms with E-state index in [2.05, 4.69) is 10.6 Å². The quantitative estimate of drug-likeness (QED) is 0.657. The van der Waals surface area contributed by atoms with Crippen LogP contribution < -0.4 is 16.2 Å². The molecule has 7 nitrogen and oxygen atoms in total. The first-order chi connectivity index (χ1) is 9.86. The minimum Gasteiger partial charge on any atom is -0.507 e. The van der Waals surface area contributed by atoms with E-state index < -0.39 is 23.0 Å². The number of fused-ring (bicyclic) bond motifs is 1. The predicted octanol–water partition coefficient (Wildman–Crippen LogP) is 0.299. The number of imide groups is 1. The molecule has 1 saturated heterocycles. The van der Waals surface area contributed by atoms with Crippen molar-refractivity contribution < 1.29 is 14.7 Å². The Hall–Kier alpha value is -2.83. The number of aromatic nitrogens is 1. The number of carbonyl (C=O) groups is 2. The zero-order valence-corrected chi connectivity index (χ0v) is 11.4. The summed E-state index contributed by atoms with van der Waals surface area (Å²) in [6, 6.07) is 6.09. The van der Waals surface area contributed by atoms with Crippen LogP contribution in [0.25, 0.3) is 10.9 Å². The topological polar surface area (TPSA) is 100 Å². The third-order valence-corrected chi connectivity index (χ3v) is 3.82. The van der Waals surface area contributed by atoms with E-state index in [4.69, 9.17) is 0 Å². The molecule has 1 aromatic heterocycles. The molecule has 7 heteroatoms. The standard InChI is InChI=1S/C14H13N3O4/c1-14(12(20)15-13(21)16-14)9-10(18)7-5-3-4-6-8(7)17(2)11(9)19/h3-6,18H,1-2H3,(H2,15,16,20,21). The number of nitrogens with one attached hydrogen (secondary N) is 2. The summed E-state index contributed by atoms with van der Waals surface area (Å²) in [7, 11) is 1.55. The van der Waals surface area contributed by atoms with E-state index in [9.17, 15) is 19.5 Å². The highest BCUT2D eigenvalue weighted by molar-refractivity contribution is 6.08. The van der Waals surface area contributed by atoms with Gasteiger partial charge >= 0.3 is 6.03 Å². The zero-order chi connectivity index (χ0) is 15.4. The van der Waals surface area contributed by atoms with Crippen LogP contribution in [0.15, 0.2) is 29.1 Å². The molecule has 3 N–H and O–H groups in total. The smallest absolute Gasteiger partial charge is 0.322 e. The second-order valence-electron chi connectivity index (χ2n) is 5.14. The van der Waals surface area contributed by atoms with Crippen LogP contribution in [-0.2, 0) is 17.4 Å². The highest BCUT2D eigenvalue weighted by atomic mass is 16.3. The molecule has 0 spiro atoms. The Morgan fingerprint density at radius 3 is 2.48 bits per heavy atom. The van der Waals surface area contributed by atoms with Crippen LogP contribution in [-0.4, -0.2) is 21.6 Å². The Morgan fingerprint density at radius 2 is 1.86 bits per heavy atom. The van der Waals surface area contributed by atoms with E-state index >= 15 is 0 Å². The average Bonchev–Trinajstić information content (AvgIpc) is 2.70. The van der Waals surface area contributed by atoms with Crippen LogP contribution in [0.2, 0.25) is 0 Å². The first-order valence-corrected chi connectivity index (χ1v) is 6.31. The predicted molar refractivity (Wildman–Crippen MR) is 74.9 cm³/mol. The van der Waals surface area contributed by atoms with Gasteiger partial charge in [-0.1, -0.05) is 12.1 Å². The zero-order valence-electron chi connectivity index (χ0n) is 11.4. The van der Waals surface area contributed by atoms with Gasteiger partial charge in [-0.3, -0.25) is 14.9 Å². The number of pyridine rings is 1. The lowest BCUT2D eigenvalue weighted by atomic mass is 9.91. The molecule has 108 valence electrons. The van der Waals surface area contributed by atoms with E-state index in [0.29, 0.717) is 10.9 Å². The van der Waals surface area contributed by atoms with Crippen LogP contribution in [0.3, 0.4) is 0 Å². The highest BCUT2D eigenvalue weighted by Gasteiger charge is 2.47. The summed E-state index contributed by atoms with van der Waals surface area (Å²) in [6.45, 7) is 1.39. The third-order valence-electron chi connectivity index (χ3n) is 3.82. The molecular weight excluding hydrogens is 274 g/mol. The van der Waals surface area contributed by atoms with Crippen molar-refractivity contribution in [2.75, 3.05) is 0 Å². The van der Waals surface area contributed by atoms with Crippen LogP contribution in [0, 0.1) is 0 Å². The lowest BCUT2D eigenvalue weighted by molar-refractivity contribution is -0.123. The van der Waals surface area contributed by atoms with Gasteiger partial charge in [0.25, 0.3) is 11.5 Å². The van der Waals surface area contributed by atoms with Crippen LogP contribution >= 0.6 is 0 Å². The maximum absolute atomic E-state index is 12.5. The fourth-order valence-electron chi connectivity index (χ4n) is 2.65. The summed E-state index contributed by atoms with van der Waals surface area (Å²) in [5.41, 5.74) is -1.74. The van der Waals surface area contributed by atoms with Crippen LogP contribution in [0.4, 0.5) is 4.79 Å². The van der Waals surface area contributed by atoms with Crippen molar-refractivity contribution in [3.8, 4) is 5.75 Å². The van der Waals surface area contributed by atoms with Gasteiger partial charge in [0.1, 0.15) is 5.75 Å². The Bertz CT molecular complexity index is 855. The van der Waals surface area contributed by atoms with Crippen molar-refractivity contribution in [2.24, 2.45) is 7.05 Å². The summed E-state index contributed by atoms with van der Waals surface area (Å²) in [5, 5.41) is 15.4. The van der Waals surface area contributed by atoms with Crippen molar-refractivity contribution in [3.63, 3.8) is 0 Å². The van der Waals surface area contributed by atoms with Gasteiger partial charge in [-0.25, -0.2) is 4.79 Å². The second-order valence-corrected chi connectivity index (χ2v) is 5.14. The molecule has 2 heterocycles. The van der Waals surface area contributed by atoms with E-state index in [0.717, 1.165) is 0 Å². The Balaban J connectivity index is 2.42. The Kier molecular flexibility index (Phi) is 2.56. The Morgan fingerprint density at radius 1 is 1.19 bits per heavy atom.